The van der Waals surface area contributed by atoms with Gasteiger partial charge in [0.05, 0.1) is 0 Å². The lowest BCUT2D eigenvalue weighted by atomic mass is 10.1. The number of imidazole rings is 1. The van der Waals surface area contributed by atoms with Crippen LogP contribution in [0.1, 0.15) is 10.5 Å². The number of aromatic nitrogens is 2. The molecule has 0 aliphatic carbocycles. The molecule has 3 aromatic rings. The quantitative estimate of drug-likeness (QED) is 0.754. The van der Waals surface area contributed by atoms with Gasteiger partial charge in [0.15, 0.2) is 10.7 Å². The highest BCUT2D eigenvalue weighted by Crippen LogP contribution is 2.26. The topological polar surface area (TPSA) is 54.6 Å². The van der Waals surface area contributed by atoms with Crippen molar-refractivity contribution in [3.63, 3.8) is 0 Å². The number of carbonyl (C=O) groups is 1. The smallest absolute Gasteiger partial charge is 0.355 e. The molecule has 0 radical (unpaired) electrons. The molecular weight excluding hydrogens is 236 g/mol. The van der Waals surface area contributed by atoms with Crippen molar-refractivity contribution < 1.29 is 9.90 Å². The number of rotatable bonds is 2. The van der Waals surface area contributed by atoms with Crippen LogP contribution in [0.2, 0.25) is 0 Å². The van der Waals surface area contributed by atoms with Crippen molar-refractivity contribution in [3.8, 4) is 11.3 Å². The largest absolute Gasteiger partial charge is 0.476 e. The molecule has 0 unspecified atom stereocenters. The van der Waals surface area contributed by atoms with Crippen LogP contribution in [0.5, 0.6) is 0 Å². The van der Waals surface area contributed by atoms with Gasteiger partial charge >= 0.3 is 5.97 Å². The molecule has 0 fully saturated rings. The fourth-order valence-electron chi connectivity index (χ4n) is 1.79. The average Bonchev–Trinajstić information content (AvgIpc) is 2.88. The first-order chi connectivity index (χ1) is 8.27. The van der Waals surface area contributed by atoms with E-state index in [1.54, 1.807) is 10.6 Å². The maximum atomic E-state index is 11.3. The molecule has 1 aromatic carbocycles. The van der Waals surface area contributed by atoms with E-state index in [2.05, 4.69) is 4.98 Å². The fraction of sp³-hybridized carbons (Fsp3) is 0. The van der Waals surface area contributed by atoms with E-state index < -0.39 is 5.97 Å². The van der Waals surface area contributed by atoms with Gasteiger partial charge in [0.1, 0.15) is 5.69 Å². The van der Waals surface area contributed by atoms with Crippen LogP contribution in [0, 0.1) is 0 Å². The number of fused-ring (bicyclic) bond motifs is 1. The summed E-state index contributed by atoms with van der Waals surface area (Å²) in [5.74, 6) is -0.963. The van der Waals surface area contributed by atoms with Crippen molar-refractivity contribution in [2.75, 3.05) is 0 Å². The number of benzene rings is 1. The normalized spacial score (nSPS) is 10.8. The molecular formula is C12H8N2O2S. The Hall–Kier alpha value is -2.14. The third-order valence-electron chi connectivity index (χ3n) is 2.51. The zero-order valence-electron chi connectivity index (χ0n) is 8.70. The van der Waals surface area contributed by atoms with E-state index in [0.717, 1.165) is 5.56 Å². The molecule has 0 saturated carbocycles. The SMILES string of the molecule is O=C(O)c1c(-c2ccccc2)nc2sccn12. The van der Waals surface area contributed by atoms with Crippen molar-refractivity contribution in [1.82, 2.24) is 9.38 Å². The Balaban J connectivity index is 2.33. The van der Waals surface area contributed by atoms with Crippen molar-refractivity contribution in [2.45, 2.75) is 0 Å². The Morgan fingerprint density at radius 3 is 2.76 bits per heavy atom. The lowest BCUT2D eigenvalue weighted by molar-refractivity contribution is 0.0690. The minimum absolute atomic E-state index is 0.215. The zero-order chi connectivity index (χ0) is 11.8. The van der Waals surface area contributed by atoms with Crippen LogP contribution >= 0.6 is 11.3 Å². The van der Waals surface area contributed by atoms with E-state index in [9.17, 15) is 9.90 Å². The molecule has 0 aliphatic heterocycles. The van der Waals surface area contributed by atoms with E-state index in [1.807, 2.05) is 35.7 Å². The van der Waals surface area contributed by atoms with E-state index in [0.29, 0.717) is 10.7 Å². The molecule has 1 N–H and O–H groups in total. The summed E-state index contributed by atoms with van der Waals surface area (Å²) < 4.78 is 1.61. The predicted molar refractivity (Wildman–Crippen MR) is 65.5 cm³/mol. The molecule has 4 nitrogen and oxygen atoms in total. The molecule has 2 aromatic heterocycles. The van der Waals surface area contributed by atoms with Crippen molar-refractivity contribution in [3.05, 3.63) is 47.6 Å². The van der Waals surface area contributed by atoms with Gasteiger partial charge in [0.2, 0.25) is 0 Å². The van der Waals surface area contributed by atoms with E-state index in [1.165, 1.54) is 11.3 Å². The molecule has 0 bridgehead atoms. The first-order valence-electron chi connectivity index (χ1n) is 5.01. The summed E-state index contributed by atoms with van der Waals surface area (Å²) in [4.78, 5) is 16.4. The Labute approximate surface area is 101 Å². The van der Waals surface area contributed by atoms with E-state index >= 15 is 0 Å². The number of hydrogen-bond donors (Lipinski definition) is 1. The van der Waals surface area contributed by atoms with Crippen molar-refractivity contribution in [1.29, 1.82) is 0 Å². The van der Waals surface area contributed by atoms with Gasteiger partial charge in [-0.1, -0.05) is 30.3 Å². The molecule has 3 rings (SSSR count). The Bertz CT molecular complexity index is 685. The molecule has 0 amide bonds. The summed E-state index contributed by atoms with van der Waals surface area (Å²) in [6.07, 6.45) is 1.73. The van der Waals surface area contributed by atoms with Gasteiger partial charge < -0.3 is 5.11 Å². The van der Waals surface area contributed by atoms with Gasteiger partial charge in [0.25, 0.3) is 0 Å². The zero-order valence-corrected chi connectivity index (χ0v) is 9.52. The lowest BCUT2D eigenvalue weighted by Crippen LogP contribution is -2.02. The van der Waals surface area contributed by atoms with Crippen LogP contribution in [0.4, 0.5) is 0 Å². The van der Waals surface area contributed by atoms with Crippen LogP contribution in [0.25, 0.3) is 16.2 Å². The summed E-state index contributed by atoms with van der Waals surface area (Å²) in [7, 11) is 0. The average molecular weight is 244 g/mol. The molecule has 0 spiro atoms. The number of thiazole rings is 1. The van der Waals surface area contributed by atoms with Crippen LogP contribution in [-0.4, -0.2) is 20.5 Å². The van der Waals surface area contributed by atoms with Gasteiger partial charge in [-0.15, -0.1) is 11.3 Å². The van der Waals surface area contributed by atoms with Crippen molar-refractivity contribution in [2.24, 2.45) is 0 Å². The van der Waals surface area contributed by atoms with Gasteiger partial charge in [0, 0.05) is 17.1 Å². The summed E-state index contributed by atoms with van der Waals surface area (Å²) in [6.45, 7) is 0. The predicted octanol–water partition coefficient (Wildman–Crippen LogP) is 2.76. The first kappa shape index (κ1) is 10.0. The van der Waals surface area contributed by atoms with Crippen LogP contribution < -0.4 is 0 Å². The minimum Gasteiger partial charge on any atom is -0.476 e. The minimum atomic E-state index is -0.963. The van der Waals surface area contributed by atoms with E-state index in [-0.39, 0.29) is 5.69 Å². The highest BCUT2D eigenvalue weighted by atomic mass is 32.1. The van der Waals surface area contributed by atoms with Gasteiger partial charge in [-0.3, -0.25) is 4.40 Å². The molecule has 0 aliphatic rings. The maximum Gasteiger partial charge on any atom is 0.355 e. The lowest BCUT2D eigenvalue weighted by Gasteiger charge is -1.98. The Kier molecular flexibility index (Phi) is 2.19. The highest BCUT2D eigenvalue weighted by molar-refractivity contribution is 7.15. The number of carboxylic acid groups (broad SMARTS) is 1. The summed E-state index contributed by atoms with van der Waals surface area (Å²) in [6, 6.07) is 9.35. The third kappa shape index (κ3) is 1.52. The second-order valence-electron chi connectivity index (χ2n) is 3.54. The second-order valence-corrected chi connectivity index (χ2v) is 4.41. The summed E-state index contributed by atoms with van der Waals surface area (Å²) in [5.41, 5.74) is 1.55. The molecule has 84 valence electrons. The molecule has 0 atom stereocenters. The summed E-state index contributed by atoms with van der Waals surface area (Å²) >= 11 is 1.42. The van der Waals surface area contributed by atoms with Gasteiger partial charge in [-0.05, 0) is 0 Å². The third-order valence-corrected chi connectivity index (χ3v) is 3.27. The Morgan fingerprint density at radius 1 is 1.29 bits per heavy atom. The second kappa shape index (κ2) is 3.71. The van der Waals surface area contributed by atoms with Crippen molar-refractivity contribution >= 4 is 22.3 Å². The molecule has 0 saturated heterocycles. The molecule has 5 heteroatoms. The monoisotopic (exact) mass is 244 g/mol. The number of aromatic carboxylic acids is 1. The maximum absolute atomic E-state index is 11.3. The first-order valence-corrected chi connectivity index (χ1v) is 5.89. The molecule has 17 heavy (non-hydrogen) atoms. The standard InChI is InChI=1S/C12H8N2O2S/c15-11(16)10-9(8-4-2-1-3-5-8)13-12-14(10)6-7-17-12/h1-7H,(H,15,16). The summed E-state index contributed by atoms with van der Waals surface area (Å²) in [5, 5.41) is 11.1. The molecule has 2 heterocycles. The highest BCUT2D eigenvalue weighted by Gasteiger charge is 2.20. The van der Waals surface area contributed by atoms with E-state index in [4.69, 9.17) is 0 Å². The van der Waals surface area contributed by atoms with Crippen LogP contribution in [0.3, 0.4) is 0 Å². The number of carboxylic acids is 1. The van der Waals surface area contributed by atoms with Crippen LogP contribution in [-0.2, 0) is 0 Å². The van der Waals surface area contributed by atoms with Crippen LogP contribution in [0.15, 0.2) is 41.9 Å². The van der Waals surface area contributed by atoms with Gasteiger partial charge in [-0.2, -0.15) is 0 Å². The number of nitrogens with zero attached hydrogens (tertiary/aromatic N) is 2. The number of hydrogen-bond acceptors (Lipinski definition) is 3. The van der Waals surface area contributed by atoms with Gasteiger partial charge in [-0.25, -0.2) is 9.78 Å². The Morgan fingerprint density at radius 2 is 2.06 bits per heavy atom. The fourth-order valence-corrected chi connectivity index (χ4v) is 2.50.